The number of nitrogens with zero attached hydrogens (tertiary/aromatic N) is 7. The molecular formula is C26H25F3N8O3S. The van der Waals surface area contributed by atoms with Crippen LogP contribution in [-0.2, 0) is 35.9 Å². The second-order valence-corrected chi connectivity index (χ2v) is 10.7. The highest BCUT2D eigenvalue weighted by molar-refractivity contribution is 7.11. The lowest BCUT2D eigenvalue weighted by Crippen LogP contribution is -2.21. The predicted molar refractivity (Wildman–Crippen MR) is 143 cm³/mol. The Bertz CT molecular complexity index is 1520. The second kappa shape index (κ2) is 12.0. The van der Waals surface area contributed by atoms with Gasteiger partial charge in [-0.1, -0.05) is 12.1 Å². The van der Waals surface area contributed by atoms with Crippen molar-refractivity contribution in [3.8, 4) is 5.75 Å². The molecule has 41 heavy (non-hydrogen) atoms. The molecule has 1 unspecified atom stereocenters. The number of carbonyl (C=O) groups is 2. The maximum atomic E-state index is 12.4. The summed E-state index contributed by atoms with van der Waals surface area (Å²) in [5, 5.41) is 25.1. The molecule has 1 amide bonds. The highest BCUT2D eigenvalue weighted by Gasteiger charge is 2.31. The largest absolute Gasteiger partial charge is 0.573 e. The molecule has 1 saturated heterocycles. The summed E-state index contributed by atoms with van der Waals surface area (Å²) in [5.74, 6) is 0.215. The van der Waals surface area contributed by atoms with Crippen molar-refractivity contribution in [2.75, 3.05) is 23.3 Å². The zero-order valence-electron chi connectivity index (χ0n) is 21.8. The number of hydrogen-bond acceptors (Lipinski definition) is 10. The van der Waals surface area contributed by atoms with Crippen LogP contribution in [-0.4, -0.2) is 61.3 Å². The quantitative estimate of drug-likeness (QED) is 0.297. The Morgan fingerprint density at radius 3 is 2.66 bits per heavy atom. The molecule has 4 heterocycles. The lowest BCUT2D eigenvalue weighted by atomic mass is 10.1. The monoisotopic (exact) mass is 586 g/mol. The molecule has 0 aliphatic carbocycles. The van der Waals surface area contributed by atoms with Crippen molar-refractivity contribution in [3.05, 3.63) is 69.9 Å². The number of carbonyl (C=O) groups excluding carboxylic acids is 2. The van der Waals surface area contributed by atoms with Crippen LogP contribution in [0.15, 0.2) is 48.8 Å². The zero-order chi connectivity index (χ0) is 29.0. The molecule has 1 fully saturated rings. The lowest BCUT2D eigenvalue weighted by molar-refractivity contribution is -0.274. The number of ketones is 1. The molecular weight excluding hydrogens is 561 g/mol. The molecule has 0 radical (unpaired) electrons. The van der Waals surface area contributed by atoms with Crippen LogP contribution >= 0.6 is 11.3 Å². The van der Waals surface area contributed by atoms with Gasteiger partial charge in [0.05, 0.1) is 19.0 Å². The second-order valence-electron chi connectivity index (χ2n) is 9.58. The van der Waals surface area contributed by atoms with Crippen LogP contribution in [0.4, 0.5) is 24.8 Å². The molecule has 0 bridgehead atoms. The standard InChI is InChI=1S/C26H25F3N8O3S/c1-36-14-17(13-30-36)9-19(38)12-24-34-35-25(41-24)18-7-8-37(15-18)22-6-5-21(32-33-22)31-23(39)11-16-3-2-4-20(10-16)40-26(27,28)29/h2-6,10,13-14,18H,7-9,11-12,15H2,1H3,(H,31,32,39). The van der Waals surface area contributed by atoms with Gasteiger partial charge in [0.1, 0.15) is 21.5 Å². The van der Waals surface area contributed by atoms with E-state index in [0.717, 1.165) is 35.7 Å². The molecule has 1 aromatic carbocycles. The number of alkyl halides is 3. The van der Waals surface area contributed by atoms with E-state index in [2.05, 4.69) is 40.4 Å². The molecule has 5 rings (SSSR count). The first-order chi connectivity index (χ1) is 19.6. The molecule has 214 valence electrons. The van der Waals surface area contributed by atoms with Crippen LogP contribution < -0.4 is 15.0 Å². The van der Waals surface area contributed by atoms with E-state index in [1.54, 1.807) is 30.1 Å². The van der Waals surface area contributed by atoms with Gasteiger partial charge >= 0.3 is 6.36 Å². The molecule has 1 aliphatic heterocycles. The first-order valence-corrected chi connectivity index (χ1v) is 13.5. The van der Waals surface area contributed by atoms with E-state index < -0.39 is 18.0 Å². The SMILES string of the molecule is Cn1cc(CC(=O)Cc2nnc(C3CCN(c4ccc(NC(=O)Cc5cccc(OC(F)(F)F)c5)nn4)C3)s2)cn1. The van der Waals surface area contributed by atoms with Gasteiger partial charge in [-0.15, -0.1) is 44.9 Å². The van der Waals surface area contributed by atoms with Crippen LogP contribution in [0.1, 0.15) is 33.5 Å². The molecule has 15 heteroatoms. The summed E-state index contributed by atoms with van der Waals surface area (Å²) >= 11 is 1.45. The minimum absolute atomic E-state index is 0.0557. The Labute approximate surface area is 236 Å². The highest BCUT2D eigenvalue weighted by Crippen LogP contribution is 2.32. The number of hydrogen-bond donors (Lipinski definition) is 1. The van der Waals surface area contributed by atoms with E-state index in [1.807, 2.05) is 6.20 Å². The number of anilines is 2. The Morgan fingerprint density at radius 1 is 1.07 bits per heavy atom. The summed E-state index contributed by atoms with van der Waals surface area (Å²) in [6, 6.07) is 8.60. The summed E-state index contributed by atoms with van der Waals surface area (Å²) < 4.78 is 42.9. The lowest BCUT2D eigenvalue weighted by Gasteiger charge is -2.16. The maximum absolute atomic E-state index is 12.4. The molecule has 1 atom stereocenters. The van der Waals surface area contributed by atoms with E-state index in [9.17, 15) is 22.8 Å². The fraction of sp³-hybridized carbons (Fsp3) is 0.346. The van der Waals surface area contributed by atoms with Gasteiger partial charge in [0.2, 0.25) is 5.91 Å². The first-order valence-electron chi connectivity index (χ1n) is 12.6. The predicted octanol–water partition coefficient (Wildman–Crippen LogP) is 3.49. The Kier molecular flexibility index (Phi) is 8.23. The van der Waals surface area contributed by atoms with Gasteiger partial charge in [-0.2, -0.15) is 5.10 Å². The number of nitrogens with one attached hydrogen (secondary N) is 1. The number of ether oxygens (including phenoxy) is 1. The van der Waals surface area contributed by atoms with Crippen molar-refractivity contribution < 1.29 is 27.5 Å². The van der Waals surface area contributed by atoms with Gasteiger partial charge in [-0.25, -0.2) is 0 Å². The average molecular weight is 587 g/mol. The van der Waals surface area contributed by atoms with Crippen molar-refractivity contribution in [1.82, 2.24) is 30.2 Å². The summed E-state index contributed by atoms with van der Waals surface area (Å²) in [4.78, 5) is 26.9. The number of halogens is 3. The molecule has 11 nitrogen and oxygen atoms in total. The van der Waals surface area contributed by atoms with E-state index in [-0.39, 0.29) is 30.4 Å². The van der Waals surface area contributed by atoms with E-state index in [4.69, 9.17) is 0 Å². The van der Waals surface area contributed by atoms with E-state index >= 15 is 0 Å². The summed E-state index contributed by atoms with van der Waals surface area (Å²) in [7, 11) is 1.81. The summed E-state index contributed by atoms with van der Waals surface area (Å²) in [5.41, 5.74) is 1.22. The van der Waals surface area contributed by atoms with E-state index in [1.165, 1.54) is 23.5 Å². The maximum Gasteiger partial charge on any atom is 0.573 e. The van der Waals surface area contributed by atoms with Gasteiger partial charge in [0.25, 0.3) is 0 Å². The number of amides is 1. The minimum Gasteiger partial charge on any atom is -0.406 e. The first kappa shape index (κ1) is 28.1. The zero-order valence-corrected chi connectivity index (χ0v) is 22.7. The number of Topliss-reactive ketones (excluding diaryl/α,β-unsaturated/α-hetero) is 1. The molecule has 1 N–H and O–H groups in total. The van der Waals surface area contributed by atoms with Crippen LogP contribution in [0.2, 0.25) is 0 Å². The third kappa shape index (κ3) is 7.84. The minimum atomic E-state index is -4.81. The highest BCUT2D eigenvalue weighted by atomic mass is 32.1. The Hall–Kier alpha value is -4.40. The topological polar surface area (TPSA) is 128 Å². The van der Waals surface area contributed by atoms with E-state index in [0.29, 0.717) is 29.4 Å². The van der Waals surface area contributed by atoms with Crippen molar-refractivity contribution in [1.29, 1.82) is 0 Å². The number of rotatable bonds is 10. The molecule has 1 aliphatic rings. The van der Waals surface area contributed by atoms with Gasteiger partial charge in [-0.05, 0) is 41.8 Å². The van der Waals surface area contributed by atoms with Gasteiger partial charge < -0.3 is 15.0 Å². The van der Waals surface area contributed by atoms with Crippen molar-refractivity contribution in [2.45, 2.75) is 38.0 Å². The number of benzene rings is 1. The normalized spacial score (nSPS) is 15.2. The van der Waals surface area contributed by atoms with Crippen LogP contribution in [0.25, 0.3) is 0 Å². The van der Waals surface area contributed by atoms with Gasteiger partial charge in [0, 0.05) is 38.7 Å². The molecule has 0 spiro atoms. The smallest absolute Gasteiger partial charge is 0.406 e. The van der Waals surface area contributed by atoms with Crippen molar-refractivity contribution in [3.63, 3.8) is 0 Å². The fourth-order valence-electron chi connectivity index (χ4n) is 4.48. The van der Waals surface area contributed by atoms with Crippen LogP contribution in [0.3, 0.4) is 0 Å². The Balaban J connectivity index is 1.11. The molecule has 3 aromatic heterocycles. The van der Waals surface area contributed by atoms with Crippen molar-refractivity contribution in [2.24, 2.45) is 7.05 Å². The Morgan fingerprint density at radius 2 is 1.93 bits per heavy atom. The van der Waals surface area contributed by atoms with Gasteiger partial charge in [-0.3, -0.25) is 14.3 Å². The summed E-state index contributed by atoms with van der Waals surface area (Å²) in [6.07, 6.45) is -0.0935. The van der Waals surface area contributed by atoms with Crippen LogP contribution in [0, 0.1) is 0 Å². The number of aromatic nitrogens is 6. The molecule has 0 saturated carbocycles. The van der Waals surface area contributed by atoms with Crippen LogP contribution in [0.5, 0.6) is 5.75 Å². The third-order valence-electron chi connectivity index (χ3n) is 6.27. The average Bonchev–Trinajstić information content (AvgIpc) is 3.65. The molecule has 4 aromatic rings. The van der Waals surface area contributed by atoms with Gasteiger partial charge in [0.15, 0.2) is 11.6 Å². The number of aryl methyl sites for hydroxylation is 1. The third-order valence-corrected chi connectivity index (χ3v) is 7.35. The van der Waals surface area contributed by atoms with Crippen molar-refractivity contribution >= 4 is 34.7 Å². The fourth-order valence-corrected chi connectivity index (χ4v) is 5.48. The summed E-state index contributed by atoms with van der Waals surface area (Å²) in [6.45, 7) is 1.39.